The van der Waals surface area contributed by atoms with Crippen molar-refractivity contribution >= 4 is 17.0 Å². The Morgan fingerprint density at radius 2 is 1.96 bits per heavy atom. The molecule has 0 aliphatic rings. The largest absolute Gasteiger partial charge is 0.545 e. The molecule has 3 aromatic rings. The molecule has 0 fully saturated rings. The number of aryl methyl sites for hydroxylation is 1. The lowest BCUT2D eigenvalue weighted by Gasteiger charge is -2.15. The van der Waals surface area contributed by atoms with Gasteiger partial charge in [-0.25, -0.2) is 4.98 Å². The summed E-state index contributed by atoms with van der Waals surface area (Å²) in [6.45, 7) is 2.35. The Morgan fingerprint density at radius 1 is 1.25 bits per heavy atom. The van der Waals surface area contributed by atoms with Gasteiger partial charge in [0.15, 0.2) is 0 Å². The van der Waals surface area contributed by atoms with E-state index in [1.807, 2.05) is 35.8 Å². The predicted molar refractivity (Wildman–Crippen MR) is 86.7 cm³/mol. The molecule has 3 rings (SSSR count). The van der Waals surface area contributed by atoms with E-state index >= 15 is 0 Å². The standard InChI is InChI=1S/C18H18N2O4/c1-12-19-16-4-2-3-5-17(16)20(12)10-14(21)11-24-15-8-6-13(7-9-15)18(22)23/h2-9,14,21H,10-11H2,1H3,(H,22,23)/p-1. The number of carbonyl (C=O) groups excluding carboxylic acids is 1. The van der Waals surface area contributed by atoms with Crippen molar-refractivity contribution in [3.05, 3.63) is 59.9 Å². The number of nitrogens with zero attached hydrogens (tertiary/aromatic N) is 2. The van der Waals surface area contributed by atoms with Crippen molar-refractivity contribution < 1.29 is 19.7 Å². The van der Waals surface area contributed by atoms with Gasteiger partial charge in [0, 0.05) is 0 Å². The Morgan fingerprint density at radius 3 is 2.67 bits per heavy atom. The first-order valence-electron chi connectivity index (χ1n) is 7.59. The van der Waals surface area contributed by atoms with E-state index in [0.29, 0.717) is 12.3 Å². The molecule has 0 amide bonds. The van der Waals surface area contributed by atoms with Crippen molar-refractivity contribution in [2.24, 2.45) is 0 Å². The van der Waals surface area contributed by atoms with E-state index in [1.165, 1.54) is 24.3 Å². The Bertz CT molecular complexity index is 855. The van der Waals surface area contributed by atoms with Crippen LogP contribution in [0.25, 0.3) is 11.0 Å². The van der Waals surface area contributed by atoms with Crippen LogP contribution in [-0.2, 0) is 6.54 Å². The molecule has 0 saturated carbocycles. The molecule has 0 radical (unpaired) electrons. The number of hydrogen-bond acceptors (Lipinski definition) is 5. The number of para-hydroxylation sites is 2. The number of carbonyl (C=O) groups is 1. The Labute approximate surface area is 138 Å². The number of carboxylic acids is 1. The third-order valence-electron chi connectivity index (χ3n) is 3.77. The highest BCUT2D eigenvalue weighted by Gasteiger charge is 2.12. The van der Waals surface area contributed by atoms with Crippen molar-refractivity contribution in [3.8, 4) is 5.75 Å². The normalized spacial score (nSPS) is 12.2. The molecule has 1 N–H and O–H groups in total. The minimum Gasteiger partial charge on any atom is -0.545 e. The van der Waals surface area contributed by atoms with Gasteiger partial charge in [0.1, 0.15) is 24.3 Å². The predicted octanol–water partition coefficient (Wildman–Crippen LogP) is 1.15. The van der Waals surface area contributed by atoms with Gasteiger partial charge in [0.2, 0.25) is 0 Å². The fourth-order valence-corrected chi connectivity index (χ4v) is 2.57. The molecule has 1 unspecified atom stereocenters. The van der Waals surface area contributed by atoms with Crippen LogP contribution in [0.4, 0.5) is 0 Å². The Kier molecular flexibility index (Phi) is 4.48. The zero-order valence-electron chi connectivity index (χ0n) is 13.2. The zero-order chi connectivity index (χ0) is 17.1. The van der Waals surface area contributed by atoms with Crippen LogP contribution < -0.4 is 9.84 Å². The molecular formula is C18H17N2O4-. The van der Waals surface area contributed by atoms with E-state index < -0.39 is 12.1 Å². The second kappa shape index (κ2) is 6.72. The van der Waals surface area contributed by atoms with E-state index in [9.17, 15) is 15.0 Å². The molecule has 0 aliphatic heterocycles. The lowest BCUT2D eigenvalue weighted by atomic mass is 10.2. The number of fused-ring (bicyclic) bond motifs is 1. The molecule has 6 heteroatoms. The summed E-state index contributed by atoms with van der Waals surface area (Å²) >= 11 is 0. The first-order chi connectivity index (χ1) is 11.5. The van der Waals surface area contributed by atoms with Crippen molar-refractivity contribution in [2.45, 2.75) is 19.6 Å². The molecule has 124 valence electrons. The average Bonchev–Trinajstić information content (AvgIpc) is 2.89. The fraction of sp³-hybridized carbons (Fsp3) is 0.222. The van der Waals surface area contributed by atoms with Gasteiger partial charge in [0.25, 0.3) is 0 Å². The van der Waals surface area contributed by atoms with Crippen LogP contribution in [0.15, 0.2) is 48.5 Å². The van der Waals surface area contributed by atoms with Gasteiger partial charge in [-0.15, -0.1) is 0 Å². The number of aromatic carboxylic acids is 1. The summed E-state index contributed by atoms with van der Waals surface area (Å²) in [6.07, 6.45) is -0.720. The van der Waals surface area contributed by atoms with E-state index in [4.69, 9.17) is 4.74 Å². The lowest BCUT2D eigenvalue weighted by molar-refractivity contribution is -0.255. The number of aliphatic hydroxyl groups excluding tert-OH is 1. The quantitative estimate of drug-likeness (QED) is 0.734. The van der Waals surface area contributed by atoms with Gasteiger partial charge in [0.05, 0.1) is 23.5 Å². The molecule has 2 aromatic carbocycles. The smallest absolute Gasteiger partial charge is 0.119 e. The molecule has 1 aromatic heterocycles. The summed E-state index contributed by atoms with van der Waals surface area (Å²) in [5.41, 5.74) is 1.94. The highest BCUT2D eigenvalue weighted by atomic mass is 16.5. The number of rotatable bonds is 6. The number of carboxylic acid groups (broad SMARTS) is 1. The van der Waals surface area contributed by atoms with Crippen LogP contribution >= 0.6 is 0 Å². The first-order valence-corrected chi connectivity index (χ1v) is 7.59. The summed E-state index contributed by atoms with van der Waals surface area (Å²) in [5, 5.41) is 20.9. The van der Waals surface area contributed by atoms with Crippen LogP contribution in [0, 0.1) is 6.92 Å². The van der Waals surface area contributed by atoms with Gasteiger partial charge in [-0.1, -0.05) is 12.1 Å². The van der Waals surface area contributed by atoms with E-state index in [2.05, 4.69) is 4.98 Å². The summed E-state index contributed by atoms with van der Waals surface area (Å²) in [7, 11) is 0. The Hall–Kier alpha value is -2.86. The molecule has 0 saturated heterocycles. The topological polar surface area (TPSA) is 87.4 Å². The number of benzene rings is 2. The van der Waals surface area contributed by atoms with Gasteiger partial charge in [-0.3, -0.25) is 0 Å². The third kappa shape index (κ3) is 3.38. The number of imidazole rings is 1. The molecule has 0 aliphatic carbocycles. The van der Waals surface area contributed by atoms with Gasteiger partial charge >= 0.3 is 0 Å². The highest BCUT2D eigenvalue weighted by molar-refractivity contribution is 5.85. The van der Waals surface area contributed by atoms with Crippen LogP contribution in [0.5, 0.6) is 5.75 Å². The summed E-state index contributed by atoms with van der Waals surface area (Å²) < 4.78 is 7.45. The minimum atomic E-state index is -1.23. The zero-order valence-corrected chi connectivity index (χ0v) is 13.2. The Balaban J connectivity index is 1.64. The van der Waals surface area contributed by atoms with Crippen molar-refractivity contribution in [3.63, 3.8) is 0 Å². The maximum absolute atomic E-state index is 10.7. The monoisotopic (exact) mass is 325 g/mol. The molecule has 1 atom stereocenters. The average molecular weight is 325 g/mol. The number of ether oxygens (including phenoxy) is 1. The van der Waals surface area contributed by atoms with Crippen molar-refractivity contribution in [2.75, 3.05) is 6.61 Å². The minimum absolute atomic E-state index is 0.0865. The van der Waals surface area contributed by atoms with Gasteiger partial charge in [-0.2, -0.15) is 0 Å². The maximum atomic E-state index is 10.7. The third-order valence-corrected chi connectivity index (χ3v) is 3.77. The summed E-state index contributed by atoms with van der Waals surface area (Å²) in [5.74, 6) is 0.0869. The maximum Gasteiger partial charge on any atom is 0.119 e. The summed E-state index contributed by atoms with van der Waals surface area (Å²) in [4.78, 5) is 15.2. The van der Waals surface area contributed by atoms with E-state index in [1.54, 1.807) is 0 Å². The molecule has 6 nitrogen and oxygen atoms in total. The first kappa shape index (κ1) is 16.0. The molecule has 1 heterocycles. The lowest BCUT2D eigenvalue weighted by Crippen LogP contribution is -2.24. The second-order valence-corrected chi connectivity index (χ2v) is 5.53. The summed E-state index contributed by atoms with van der Waals surface area (Å²) in [6, 6.07) is 13.6. The fourth-order valence-electron chi connectivity index (χ4n) is 2.57. The van der Waals surface area contributed by atoms with Gasteiger partial charge < -0.3 is 24.3 Å². The number of aromatic nitrogens is 2. The van der Waals surface area contributed by atoms with Crippen LogP contribution in [0.3, 0.4) is 0 Å². The van der Waals surface area contributed by atoms with Crippen LogP contribution in [0.1, 0.15) is 16.2 Å². The van der Waals surface area contributed by atoms with Crippen molar-refractivity contribution in [1.29, 1.82) is 0 Å². The molecular weight excluding hydrogens is 308 g/mol. The van der Waals surface area contributed by atoms with E-state index in [0.717, 1.165) is 16.9 Å². The van der Waals surface area contributed by atoms with E-state index in [-0.39, 0.29) is 12.2 Å². The molecule has 0 spiro atoms. The van der Waals surface area contributed by atoms with Gasteiger partial charge in [-0.05, 0) is 48.9 Å². The highest BCUT2D eigenvalue weighted by Crippen LogP contribution is 2.17. The number of hydrogen-bond donors (Lipinski definition) is 1. The second-order valence-electron chi connectivity index (χ2n) is 5.53. The van der Waals surface area contributed by atoms with Crippen molar-refractivity contribution in [1.82, 2.24) is 9.55 Å². The van der Waals surface area contributed by atoms with Crippen LogP contribution in [0.2, 0.25) is 0 Å². The van der Waals surface area contributed by atoms with Crippen LogP contribution in [-0.4, -0.2) is 33.3 Å². The SMILES string of the molecule is Cc1nc2ccccc2n1CC(O)COc1ccc(C(=O)[O-])cc1. The number of aliphatic hydroxyl groups is 1. The molecule has 0 bridgehead atoms. The molecule has 24 heavy (non-hydrogen) atoms.